The maximum atomic E-state index is 11.8. The SMILES string of the molecule is C[C@H](NC(=O)CC[C@H]1CCCO1)c1ccc(Cl)s1. The summed E-state index contributed by atoms with van der Waals surface area (Å²) in [5.74, 6) is 0.0857. The van der Waals surface area contributed by atoms with Gasteiger partial charge in [-0.3, -0.25) is 4.79 Å². The van der Waals surface area contributed by atoms with Gasteiger partial charge >= 0.3 is 0 Å². The van der Waals surface area contributed by atoms with Gasteiger partial charge in [0.25, 0.3) is 0 Å². The molecule has 5 heteroatoms. The molecule has 18 heavy (non-hydrogen) atoms. The molecule has 2 heterocycles. The van der Waals surface area contributed by atoms with Crippen LogP contribution in [0.15, 0.2) is 12.1 Å². The van der Waals surface area contributed by atoms with Crippen molar-refractivity contribution in [2.45, 2.75) is 44.8 Å². The highest BCUT2D eigenvalue weighted by Crippen LogP contribution is 2.26. The molecule has 0 bridgehead atoms. The molecular weight excluding hydrogens is 270 g/mol. The van der Waals surface area contributed by atoms with Crippen molar-refractivity contribution in [3.8, 4) is 0 Å². The topological polar surface area (TPSA) is 38.3 Å². The number of halogens is 1. The van der Waals surface area contributed by atoms with Gasteiger partial charge in [0.1, 0.15) is 0 Å². The largest absolute Gasteiger partial charge is 0.378 e. The average Bonchev–Trinajstić information content (AvgIpc) is 2.97. The Balaban J connectivity index is 1.73. The van der Waals surface area contributed by atoms with E-state index >= 15 is 0 Å². The van der Waals surface area contributed by atoms with Crippen LogP contribution < -0.4 is 5.32 Å². The van der Waals surface area contributed by atoms with Crippen LogP contribution in [0, 0.1) is 0 Å². The summed E-state index contributed by atoms with van der Waals surface area (Å²) in [6, 6.07) is 3.84. The van der Waals surface area contributed by atoms with Gasteiger partial charge in [0.2, 0.25) is 5.91 Å². The molecule has 1 amide bonds. The lowest BCUT2D eigenvalue weighted by Gasteiger charge is -2.13. The van der Waals surface area contributed by atoms with E-state index < -0.39 is 0 Å². The summed E-state index contributed by atoms with van der Waals surface area (Å²) in [6.45, 7) is 2.82. The lowest BCUT2D eigenvalue weighted by molar-refractivity contribution is -0.122. The number of thiophene rings is 1. The van der Waals surface area contributed by atoms with Gasteiger partial charge in [-0.15, -0.1) is 11.3 Å². The van der Waals surface area contributed by atoms with Crippen LogP contribution in [-0.2, 0) is 9.53 Å². The number of hydrogen-bond donors (Lipinski definition) is 1. The van der Waals surface area contributed by atoms with E-state index in [1.165, 1.54) is 11.3 Å². The molecule has 1 aliphatic rings. The zero-order valence-electron chi connectivity index (χ0n) is 10.4. The monoisotopic (exact) mass is 287 g/mol. The molecule has 0 unspecified atom stereocenters. The van der Waals surface area contributed by atoms with Crippen molar-refractivity contribution in [1.82, 2.24) is 5.32 Å². The molecule has 1 aliphatic heterocycles. The van der Waals surface area contributed by atoms with Crippen LogP contribution in [0.4, 0.5) is 0 Å². The Morgan fingerprint density at radius 1 is 1.67 bits per heavy atom. The van der Waals surface area contributed by atoms with Crippen molar-refractivity contribution in [3.05, 3.63) is 21.3 Å². The number of carbonyl (C=O) groups excluding carboxylic acids is 1. The first-order valence-corrected chi connectivity index (χ1v) is 7.51. The predicted molar refractivity (Wildman–Crippen MR) is 74.1 cm³/mol. The lowest BCUT2D eigenvalue weighted by Crippen LogP contribution is -2.26. The van der Waals surface area contributed by atoms with Gasteiger partial charge in [-0.05, 0) is 38.3 Å². The maximum absolute atomic E-state index is 11.8. The van der Waals surface area contributed by atoms with Crippen molar-refractivity contribution in [3.63, 3.8) is 0 Å². The van der Waals surface area contributed by atoms with Crippen LogP contribution in [0.2, 0.25) is 4.34 Å². The van der Waals surface area contributed by atoms with Gasteiger partial charge in [-0.2, -0.15) is 0 Å². The fraction of sp³-hybridized carbons (Fsp3) is 0.615. The van der Waals surface area contributed by atoms with Crippen molar-refractivity contribution in [2.75, 3.05) is 6.61 Å². The third-order valence-electron chi connectivity index (χ3n) is 3.12. The molecule has 1 saturated heterocycles. The summed E-state index contributed by atoms with van der Waals surface area (Å²) >= 11 is 7.38. The summed E-state index contributed by atoms with van der Waals surface area (Å²) in [7, 11) is 0. The highest BCUT2D eigenvalue weighted by atomic mass is 35.5. The number of amides is 1. The Morgan fingerprint density at radius 3 is 3.11 bits per heavy atom. The Kier molecular flexibility index (Phi) is 5.03. The molecule has 1 fully saturated rings. The van der Waals surface area contributed by atoms with Crippen molar-refractivity contribution >= 4 is 28.8 Å². The zero-order valence-corrected chi connectivity index (χ0v) is 12.0. The van der Waals surface area contributed by atoms with Crippen LogP contribution in [0.3, 0.4) is 0 Å². The Labute approximate surface area is 116 Å². The third-order valence-corrected chi connectivity index (χ3v) is 4.53. The molecule has 1 aromatic rings. The summed E-state index contributed by atoms with van der Waals surface area (Å²) in [4.78, 5) is 12.9. The number of nitrogens with one attached hydrogen (secondary N) is 1. The highest BCUT2D eigenvalue weighted by Gasteiger charge is 2.18. The van der Waals surface area contributed by atoms with E-state index in [4.69, 9.17) is 16.3 Å². The maximum Gasteiger partial charge on any atom is 0.220 e. The Bertz CT molecular complexity index is 401. The average molecular weight is 288 g/mol. The summed E-state index contributed by atoms with van der Waals surface area (Å²) in [6.07, 6.45) is 3.85. The third kappa shape index (κ3) is 3.97. The van der Waals surface area contributed by atoms with E-state index in [9.17, 15) is 4.79 Å². The van der Waals surface area contributed by atoms with Gasteiger partial charge < -0.3 is 10.1 Å². The number of hydrogen-bond acceptors (Lipinski definition) is 3. The quantitative estimate of drug-likeness (QED) is 0.899. The molecule has 3 nitrogen and oxygen atoms in total. The molecule has 2 atom stereocenters. The van der Waals surface area contributed by atoms with Crippen molar-refractivity contribution in [1.29, 1.82) is 0 Å². The number of carbonyl (C=O) groups is 1. The molecule has 0 radical (unpaired) electrons. The van der Waals surface area contributed by atoms with Crippen LogP contribution in [0.25, 0.3) is 0 Å². The van der Waals surface area contributed by atoms with Crippen LogP contribution in [-0.4, -0.2) is 18.6 Å². The molecule has 1 aromatic heterocycles. The van der Waals surface area contributed by atoms with Gasteiger partial charge in [0.15, 0.2) is 0 Å². The lowest BCUT2D eigenvalue weighted by atomic mass is 10.1. The molecule has 1 N–H and O–H groups in total. The zero-order chi connectivity index (χ0) is 13.0. The molecule has 0 aromatic carbocycles. The summed E-state index contributed by atoms with van der Waals surface area (Å²) in [5, 5.41) is 2.99. The van der Waals surface area contributed by atoms with Gasteiger partial charge in [-0.1, -0.05) is 11.6 Å². The standard InChI is InChI=1S/C13H18ClNO2S/c1-9(11-5-6-12(14)18-11)15-13(16)7-4-10-3-2-8-17-10/h5-6,9-10H,2-4,7-8H2,1H3,(H,15,16)/t9-,10+/m0/s1. The second-order valence-electron chi connectivity index (χ2n) is 4.60. The van der Waals surface area contributed by atoms with Gasteiger partial charge in [0, 0.05) is 17.9 Å². The Hall–Kier alpha value is -0.580. The molecule has 0 saturated carbocycles. The van der Waals surface area contributed by atoms with E-state index in [1.54, 1.807) is 0 Å². The van der Waals surface area contributed by atoms with Gasteiger partial charge in [-0.25, -0.2) is 0 Å². The first kappa shape index (κ1) is 13.8. The van der Waals surface area contributed by atoms with E-state index in [0.29, 0.717) is 6.42 Å². The fourth-order valence-corrected chi connectivity index (χ4v) is 3.17. The predicted octanol–water partition coefficient (Wildman–Crippen LogP) is 3.54. The molecule has 100 valence electrons. The van der Waals surface area contributed by atoms with E-state index in [2.05, 4.69) is 5.32 Å². The molecule has 2 rings (SSSR count). The second-order valence-corrected chi connectivity index (χ2v) is 6.35. The number of ether oxygens (including phenoxy) is 1. The minimum absolute atomic E-state index is 0.0273. The minimum atomic E-state index is 0.0273. The molecule has 0 aliphatic carbocycles. The van der Waals surface area contributed by atoms with Crippen molar-refractivity contribution < 1.29 is 9.53 Å². The first-order chi connectivity index (χ1) is 8.65. The minimum Gasteiger partial charge on any atom is -0.378 e. The van der Waals surface area contributed by atoms with E-state index in [0.717, 1.165) is 35.1 Å². The summed E-state index contributed by atoms with van der Waals surface area (Å²) < 4.78 is 6.26. The molecule has 0 spiro atoms. The van der Waals surface area contributed by atoms with Crippen molar-refractivity contribution in [2.24, 2.45) is 0 Å². The van der Waals surface area contributed by atoms with Crippen LogP contribution in [0.1, 0.15) is 43.5 Å². The summed E-state index contributed by atoms with van der Waals surface area (Å²) in [5.41, 5.74) is 0. The van der Waals surface area contributed by atoms with E-state index in [1.807, 2.05) is 19.1 Å². The van der Waals surface area contributed by atoms with Crippen LogP contribution >= 0.6 is 22.9 Å². The van der Waals surface area contributed by atoms with Crippen LogP contribution in [0.5, 0.6) is 0 Å². The fourth-order valence-electron chi connectivity index (χ4n) is 2.11. The second kappa shape index (κ2) is 6.55. The normalized spacial score (nSPS) is 20.9. The first-order valence-electron chi connectivity index (χ1n) is 6.31. The van der Waals surface area contributed by atoms with E-state index in [-0.39, 0.29) is 18.1 Å². The van der Waals surface area contributed by atoms with Gasteiger partial charge in [0.05, 0.1) is 16.5 Å². The number of rotatable bonds is 5. The smallest absolute Gasteiger partial charge is 0.220 e. The Morgan fingerprint density at radius 2 is 2.50 bits per heavy atom. The highest BCUT2D eigenvalue weighted by molar-refractivity contribution is 7.16. The molecular formula is C13H18ClNO2S.